The van der Waals surface area contributed by atoms with Crippen LogP contribution in [-0.4, -0.2) is 59.9 Å². The Morgan fingerprint density at radius 2 is 2.05 bits per heavy atom. The van der Waals surface area contributed by atoms with Gasteiger partial charge in [0.1, 0.15) is 0 Å². The monoisotopic (exact) mass is 301 g/mol. The summed E-state index contributed by atoms with van der Waals surface area (Å²) in [6.07, 6.45) is 3.12. The first-order chi connectivity index (χ1) is 9.37. The second-order valence-corrected chi connectivity index (χ2v) is 7.15. The number of aryl methyl sites for hydroxylation is 1. The van der Waals surface area contributed by atoms with Crippen molar-refractivity contribution < 1.29 is 8.42 Å². The second kappa shape index (κ2) is 5.71. The number of imidazole rings is 1. The Bertz CT molecular complexity index is 541. The summed E-state index contributed by atoms with van der Waals surface area (Å²) < 4.78 is 28.2. The van der Waals surface area contributed by atoms with Crippen molar-refractivity contribution in [2.75, 3.05) is 32.4 Å². The topological polar surface area (TPSA) is 84.5 Å². The zero-order chi connectivity index (χ0) is 14.9. The third-order valence-corrected chi connectivity index (χ3v) is 6.09. The molecule has 0 radical (unpaired) electrons. The third-order valence-electron chi connectivity index (χ3n) is 4.05. The minimum atomic E-state index is -3.59. The molecule has 0 atom stereocenters. The van der Waals surface area contributed by atoms with Gasteiger partial charge in [0.05, 0.1) is 6.33 Å². The lowest BCUT2D eigenvalue weighted by atomic mass is 10.1. The molecule has 1 saturated heterocycles. The summed E-state index contributed by atoms with van der Waals surface area (Å²) in [5.41, 5.74) is 5.69. The average molecular weight is 301 g/mol. The molecule has 0 unspecified atom stereocenters. The van der Waals surface area contributed by atoms with E-state index in [4.69, 9.17) is 5.73 Å². The number of hydrogen-bond acceptors (Lipinski definition) is 5. The molecule has 0 spiro atoms. The molecule has 0 aliphatic carbocycles. The van der Waals surface area contributed by atoms with Crippen molar-refractivity contribution in [1.29, 1.82) is 0 Å². The van der Waals surface area contributed by atoms with E-state index in [-0.39, 0.29) is 16.9 Å². The molecule has 8 heteroatoms. The number of nitrogens with zero attached hydrogens (tertiary/aromatic N) is 4. The third kappa shape index (κ3) is 2.68. The van der Waals surface area contributed by atoms with E-state index in [1.54, 1.807) is 14.1 Å². The van der Waals surface area contributed by atoms with E-state index in [0.29, 0.717) is 0 Å². The summed E-state index contributed by atoms with van der Waals surface area (Å²) in [5.74, 6) is 0.0605. The largest absolute Gasteiger partial charge is 0.381 e. The Hall–Kier alpha value is -1.12. The average Bonchev–Trinajstić information content (AvgIpc) is 2.78. The fourth-order valence-electron chi connectivity index (χ4n) is 2.68. The van der Waals surface area contributed by atoms with Crippen molar-refractivity contribution in [1.82, 2.24) is 18.8 Å². The number of nitrogens with two attached hydrogens (primary N) is 1. The fourth-order valence-corrected chi connectivity index (χ4v) is 4.29. The molecule has 1 aromatic rings. The fraction of sp³-hybridized carbons (Fsp3) is 0.750. The molecular weight excluding hydrogens is 278 g/mol. The zero-order valence-electron chi connectivity index (χ0n) is 12.3. The highest BCUT2D eigenvalue weighted by molar-refractivity contribution is 7.89. The predicted molar refractivity (Wildman–Crippen MR) is 77.7 cm³/mol. The maximum Gasteiger partial charge on any atom is 0.262 e. The maximum atomic E-state index is 12.7. The molecule has 1 fully saturated rings. The highest BCUT2D eigenvalue weighted by Crippen LogP contribution is 2.25. The van der Waals surface area contributed by atoms with Gasteiger partial charge in [0.25, 0.3) is 10.0 Å². The number of likely N-dealkylation sites (tertiary alicyclic amines) is 1. The van der Waals surface area contributed by atoms with Crippen LogP contribution in [0.15, 0.2) is 11.4 Å². The maximum absolute atomic E-state index is 12.7. The summed E-state index contributed by atoms with van der Waals surface area (Å²) in [5, 5.41) is 0.0814. The van der Waals surface area contributed by atoms with Crippen molar-refractivity contribution in [3.05, 3.63) is 6.33 Å². The molecule has 2 rings (SSSR count). The number of piperidine rings is 1. The van der Waals surface area contributed by atoms with E-state index in [0.717, 1.165) is 32.5 Å². The lowest BCUT2D eigenvalue weighted by molar-refractivity contribution is 0.176. The number of aromatic nitrogens is 2. The Morgan fingerprint density at radius 3 is 2.50 bits per heavy atom. The van der Waals surface area contributed by atoms with Crippen LogP contribution >= 0.6 is 0 Å². The lowest BCUT2D eigenvalue weighted by Crippen LogP contribution is -2.45. The first-order valence-electron chi connectivity index (χ1n) is 6.85. The lowest BCUT2D eigenvalue weighted by Gasteiger charge is -2.35. The molecule has 2 N–H and O–H groups in total. The first kappa shape index (κ1) is 15.3. The van der Waals surface area contributed by atoms with Crippen LogP contribution in [-0.2, 0) is 17.1 Å². The summed E-state index contributed by atoms with van der Waals surface area (Å²) in [4.78, 5) is 6.19. The summed E-state index contributed by atoms with van der Waals surface area (Å²) >= 11 is 0. The molecule has 7 nitrogen and oxygen atoms in total. The van der Waals surface area contributed by atoms with Gasteiger partial charge in [-0.3, -0.25) is 0 Å². The van der Waals surface area contributed by atoms with Crippen molar-refractivity contribution in [2.45, 2.75) is 30.8 Å². The van der Waals surface area contributed by atoms with E-state index in [2.05, 4.69) is 16.8 Å². The summed E-state index contributed by atoms with van der Waals surface area (Å²) in [6.45, 7) is 5.00. The molecular formula is C12H23N5O2S. The highest BCUT2D eigenvalue weighted by atomic mass is 32.2. The molecule has 0 amide bonds. The van der Waals surface area contributed by atoms with E-state index >= 15 is 0 Å². The van der Waals surface area contributed by atoms with Crippen LogP contribution in [0, 0.1) is 0 Å². The normalized spacial score (nSPS) is 18.8. The number of rotatable bonds is 4. The minimum absolute atomic E-state index is 0.0251. The molecule has 1 aliphatic heterocycles. The standard InChI is InChI=1S/C12H23N5O2S/c1-4-17-7-5-10(6-8-17)16(3)20(18,19)12-11(13)14-9-15(12)2/h9-10H,4-8,13H2,1-3H3. The van der Waals surface area contributed by atoms with Crippen LogP contribution in [0.5, 0.6) is 0 Å². The molecule has 114 valence electrons. The van der Waals surface area contributed by atoms with Crippen molar-refractivity contribution >= 4 is 15.8 Å². The highest BCUT2D eigenvalue weighted by Gasteiger charge is 2.33. The molecule has 1 aromatic heterocycles. The van der Waals surface area contributed by atoms with Crippen LogP contribution in [0.2, 0.25) is 0 Å². The van der Waals surface area contributed by atoms with E-state index in [1.807, 2.05) is 0 Å². The van der Waals surface area contributed by atoms with Crippen molar-refractivity contribution in [2.24, 2.45) is 7.05 Å². The van der Waals surface area contributed by atoms with Crippen molar-refractivity contribution in [3.63, 3.8) is 0 Å². The summed E-state index contributed by atoms with van der Waals surface area (Å²) in [6, 6.07) is 0.0251. The zero-order valence-corrected chi connectivity index (χ0v) is 13.1. The van der Waals surface area contributed by atoms with Crippen LogP contribution < -0.4 is 5.73 Å². The number of anilines is 1. The predicted octanol–water partition coefficient (Wildman–Crippen LogP) is 0.107. The van der Waals surface area contributed by atoms with Gasteiger partial charge in [0.15, 0.2) is 10.8 Å². The van der Waals surface area contributed by atoms with Crippen molar-refractivity contribution in [3.8, 4) is 0 Å². The Balaban J connectivity index is 2.18. The van der Waals surface area contributed by atoms with Gasteiger partial charge >= 0.3 is 0 Å². The summed E-state index contributed by atoms with van der Waals surface area (Å²) in [7, 11) is -0.315. The Labute approximate surface area is 120 Å². The number of hydrogen-bond donors (Lipinski definition) is 1. The van der Waals surface area contributed by atoms with E-state index in [9.17, 15) is 8.42 Å². The van der Waals surface area contributed by atoms with Crippen LogP contribution in [0.25, 0.3) is 0 Å². The molecule has 0 aromatic carbocycles. The van der Waals surface area contributed by atoms with Gasteiger partial charge in [-0.1, -0.05) is 6.92 Å². The Morgan fingerprint density at radius 1 is 1.45 bits per heavy atom. The second-order valence-electron chi connectivity index (χ2n) is 5.23. The van der Waals surface area contributed by atoms with Crippen LogP contribution in [0.4, 0.5) is 5.82 Å². The van der Waals surface area contributed by atoms with Gasteiger partial charge in [0, 0.05) is 20.1 Å². The number of sulfonamides is 1. The molecule has 1 aliphatic rings. The minimum Gasteiger partial charge on any atom is -0.381 e. The number of nitrogen functional groups attached to an aromatic ring is 1. The quantitative estimate of drug-likeness (QED) is 0.853. The van der Waals surface area contributed by atoms with Gasteiger partial charge in [-0.05, 0) is 32.5 Å². The molecule has 20 heavy (non-hydrogen) atoms. The van der Waals surface area contributed by atoms with Gasteiger partial charge in [0.2, 0.25) is 0 Å². The first-order valence-corrected chi connectivity index (χ1v) is 8.29. The van der Waals surface area contributed by atoms with Crippen LogP contribution in [0.3, 0.4) is 0 Å². The molecule has 0 bridgehead atoms. The molecule has 0 saturated carbocycles. The van der Waals surface area contributed by atoms with Crippen LogP contribution in [0.1, 0.15) is 19.8 Å². The van der Waals surface area contributed by atoms with E-state index in [1.165, 1.54) is 15.2 Å². The van der Waals surface area contributed by atoms with Gasteiger partial charge in [-0.2, -0.15) is 4.31 Å². The van der Waals surface area contributed by atoms with Gasteiger partial charge in [-0.25, -0.2) is 13.4 Å². The van der Waals surface area contributed by atoms with Gasteiger partial charge < -0.3 is 15.2 Å². The molecule has 2 heterocycles. The Kier molecular flexibility index (Phi) is 4.36. The SMILES string of the molecule is CCN1CCC(N(C)S(=O)(=O)c2c(N)ncn2C)CC1. The van der Waals surface area contributed by atoms with E-state index < -0.39 is 10.0 Å². The smallest absolute Gasteiger partial charge is 0.262 e. The van der Waals surface area contributed by atoms with Gasteiger partial charge in [-0.15, -0.1) is 0 Å².